The van der Waals surface area contributed by atoms with Crippen LogP contribution in [0.3, 0.4) is 0 Å². The number of hydrogen-bond acceptors (Lipinski definition) is 3. The minimum absolute atomic E-state index is 0.0495. The van der Waals surface area contributed by atoms with Gasteiger partial charge in [-0.25, -0.2) is 4.79 Å². The van der Waals surface area contributed by atoms with Crippen molar-refractivity contribution in [3.05, 3.63) is 71.8 Å². The Hall–Kier alpha value is -2.13. The predicted octanol–water partition coefficient (Wildman–Crippen LogP) is 2.62. The lowest BCUT2D eigenvalue weighted by Crippen LogP contribution is -2.15. The Bertz CT molecular complexity index is 508. The first-order valence-corrected chi connectivity index (χ1v) is 6.19. The molecule has 1 atom stereocenters. The van der Waals surface area contributed by atoms with E-state index < -0.39 is 0 Å². The van der Waals surface area contributed by atoms with Crippen LogP contribution in [0.25, 0.3) is 0 Å². The summed E-state index contributed by atoms with van der Waals surface area (Å²) in [4.78, 5) is 11.8. The molecule has 0 heterocycles. The van der Waals surface area contributed by atoms with Gasteiger partial charge in [0, 0.05) is 5.92 Å². The van der Waals surface area contributed by atoms with Crippen molar-refractivity contribution in [1.29, 1.82) is 0 Å². The zero-order valence-electron chi connectivity index (χ0n) is 10.5. The molecule has 2 aromatic carbocycles. The third-order valence-electron chi connectivity index (χ3n) is 2.92. The van der Waals surface area contributed by atoms with Gasteiger partial charge in [0.2, 0.25) is 0 Å². The molecule has 0 fully saturated rings. The second-order valence-corrected chi connectivity index (χ2v) is 4.25. The third kappa shape index (κ3) is 3.66. The van der Waals surface area contributed by atoms with Gasteiger partial charge in [-0.1, -0.05) is 48.5 Å². The molecule has 0 amide bonds. The quantitative estimate of drug-likeness (QED) is 0.836. The van der Waals surface area contributed by atoms with Crippen LogP contribution in [0.2, 0.25) is 0 Å². The molecule has 0 radical (unpaired) electrons. The van der Waals surface area contributed by atoms with Crippen molar-refractivity contribution in [2.75, 3.05) is 13.2 Å². The fourth-order valence-corrected chi connectivity index (χ4v) is 1.81. The molecular formula is C16H16O3. The number of benzene rings is 2. The monoisotopic (exact) mass is 256 g/mol. The Morgan fingerprint density at radius 1 is 1.00 bits per heavy atom. The number of ether oxygens (including phenoxy) is 1. The van der Waals surface area contributed by atoms with E-state index in [0.717, 1.165) is 5.56 Å². The maximum atomic E-state index is 11.8. The average Bonchev–Trinajstić information content (AvgIpc) is 2.49. The highest BCUT2D eigenvalue weighted by Crippen LogP contribution is 2.15. The van der Waals surface area contributed by atoms with E-state index in [9.17, 15) is 9.90 Å². The summed E-state index contributed by atoms with van der Waals surface area (Å²) >= 11 is 0. The number of carbonyl (C=O) groups is 1. The van der Waals surface area contributed by atoms with Crippen LogP contribution in [0, 0.1) is 0 Å². The Labute approximate surface area is 112 Å². The molecule has 3 heteroatoms. The molecule has 0 saturated heterocycles. The molecule has 98 valence electrons. The summed E-state index contributed by atoms with van der Waals surface area (Å²) in [5.74, 6) is -0.552. The zero-order chi connectivity index (χ0) is 13.5. The van der Waals surface area contributed by atoms with E-state index in [1.807, 2.05) is 36.4 Å². The maximum Gasteiger partial charge on any atom is 0.338 e. The van der Waals surface area contributed by atoms with Crippen LogP contribution in [0.15, 0.2) is 60.7 Å². The molecule has 0 aliphatic heterocycles. The summed E-state index contributed by atoms with van der Waals surface area (Å²) in [6, 6.07) is 18.4. The van der Waals surface area contributed by atoms with Crippen molar-refractivity contribution >= 4 is 5.97 Å². The van der Waals surface area contributed by atoms with Gasteiger partial charge in [0.05, 0.1) is 12.2 Å². The number of aliphatic hydroxyl groups is 1. The van der Waals surface area contributed by atoms with Crippen LogP contribution in [-0.2, 0) is 4.74 Å². The maximum absolute atomic E-state index is 11.8. The van der Waals surface area contributed by atoms with Crippen molar-refractivity contribution in [1.82, 2.24) is 0 Å². The van der Waals surface area contributed by atoms with Gasteiger partial charge in [0.1, 0.15) is 6.61 Å². The normalized spacial score (nSPS) is 11.8. The van der Waals surface area contributed by atoms with E-state index in [-0.39, 0.29) is 25.1 Å². The number of rotatable bonds is 5. The Morgan fingerprint density at radius 2 is 1.58 bits per heavy atom. The lowest BCUT2D eigenvalue weighted by Gasteiger charge is -2.14. The standard InChI is InChI=1S/C16H16O3/c17-11-15(13-7-3-1-4-8-13)12-19-16(18)14-9-5-2-6-10-14/h1-10,15,17H,11-12H2. The van der Waals surface area contributed by atoms with Gasteiger partial charge in [-0.05, 0) is 17.7 Å². The predicted molar refractivity (Wildman–Crippen MR) is 73.0 cm³/mol. The van der Waals surface area contributed by atoms with Crippen LogP contribution in [-0.4, -0.2) is 24.3 Å². The molecule has 1 unspecified atom stereocenters. The second kappa shape index (κ2) is 6.71. The van der Waals surface area contributed by atoms with Gasteiger partial charge >= 0.3 is 5.97 Å². The van der Waals surface area contributed by atoms with Gasteiger partial charge in [-0.15, -0.1) is 0 Å². The molecule has 0 bridgehead atoms. The Balaban J connectivity index is 1.96. The van der Waals surface area contributed by atoms with Crippen LogP contribution < -0.4 is 0 Å². The highest BCUT2D eigenvalue weighted by molar-refractivity contribution is 5.89. The number of hydrogen-bond donors (Lipinski definition) is 1. The average molecular weight is 256 g/mol. The van der Waals surface area contributed by atoms with Gasteiger partial charge in [-0.2, -0.15) is 0 Å². The van der Waals surface area contributed by atoms with E-state index in [2.05, 4.69) is 0 Å². The molecule has 3 nitrogen and oxygen atoms in total. The smallest absolute Gasteiger partial charge is 0.338 e. The van der Waals surface area contributed by atoms with Crippen molar-refractivity contribution in [3.63, 3.8) is 0 Å². The van der Waals surface area contributed by atoms with Gasteiger partial charge in [-0.3, -0.25) is 0 Å². The molecule has 2 aromatic rings. The van der Waals surface area contributed by atoms with E-state index >= 15 is 0 Å². The van der Waals surface area contributed by atoms with Crippen molar-refractivity contribution in [2.24, 2.45) is 0 Å². The molecule has 19 heavy (non-hydrogen) atoms. The number of aliphatic hydroxyl groups excluding tert-OH is 1. The first kappa shape index (κ1) is 13.3. The molecule has 0 aromatic heterocycles. The largest absolute Gasteiger partial charge is 0.461 e. The Kier molecular flexibility index (Phi) is 4.70. The van der Waals surface area contributed by atoms with Gasteiger partial charge in [0.25, 0.3) is 0 Å². The fraction of sp³-hybridized carbons (Fsp3) is 0.188. The summed E-state index contributed by atoms with van der Waals surface area (Å²) in [7, 11) is 0. The fourth-order valence-electron chi connectivity index (χ4n) is 1.81. The van der Waals surface area contributed by atoms with E-state index in [0.29, 0.717) is 5.56 Å². The molecule has 0 saturated carbocycles. The van der Waals surface area contributed by atoms with Crippen LogP contribution in [0.5, 0.6) is 0 Å². The molecule has 0 spiro atoms. The minimum Gasteiger partial charge on any atom is -0.461 e. The van der Waals surface area contributed by atoms with Crippen LogP contribution in [0.4, 0.5) is 0 Å². The second-order valence-electron chi connectivity index (χ2n) is 4.25. The van der Waals surface area contributed by atoms with Crippen molar-refractivity contribution in [2.45, 2.75) is 5.92 Å². The highest BCUT2D eigenvalue weighted by atomic mass is 16.5. The van der Waals surface area contributed by atoms with E-state index in [1.165, 1.54) is 0 Å². The van der Waals surface area contributed by atoms with Crippen molar-refractivity contribution < 1.29 is 14.6 Å². The van der Waals surface area contributed by atoms with Crippen LogP contribution in [0.1, 0.15) is 21.8 Å². The Morgan fingerprint density at radius 3 is 2.16 bits per heavy atom. The van der Waals surface area contributed by atoms with E-state index in [1.54, 1.807) is 24.3 Å². The third-order valence-corrected chi connectivity index (χ3v) is 2.92. The summed E-state index contributed by atoms with van der Waals surface area (Å²) in [5, 5.41) is 9.37. The number of carbonyl (C=O) groups excluding carboxylic acids is 1. The van der Waals surface area contributed by atoms with Crippen LogP contribution >= 0.6 is 0 Å². The summed E-state index contributed by atoms with van der Waals surface area (Å²) in [6.07, 6.45) is 0. The molecule has 0 aliphatic carbocycles. The summed E-state index contributed by atoms with van der Waals surface area (Å²) in [5.41, 5.74) is 1.48. The first-order valence-electron chi connectivity index (χ1n) is 6.19. The topological polar surface area (TPSA) is 46.5 Å². The highest BCUT2D eigenvalue weighted by Gasteiger charge is 2.14. The lowest BCUT2D eigenvalue weighted by atomic mass is 10.0. The molecule has 0 aliphatic rings. The summed E-state index contributed by atoms with van der Waals surface area (Å²) in [6.45, 7) is 0.125. The summed E-state index contributed by atoms with van der Waals surface area (Å²) < 4.78 is 5.24. The molecule has 2 rings (SSSR count). The van der Waals surface area contributed by atoms with Crippen molar-refractivity contribution in [3.8, 4) is 0 Å². The lowest BCUT2D eigenvalue weighted by molar-refractivity contribution is 0.0450. The minimum atomic E-state index is -0.366. The first-order chi connectivity index (χ1) is 9.31. The SMILES string of the molecule is O=C(OCC(CO)c1ccccc1)c1ccccc1. The molecule has 1 N–H and O–H groups in total. The van der Waals surface area contributed by atoms with Gasteiger partial charge in [0.15, 0.2) is 0 Å². The number of esters is 1. The molecular weight excluding hydrogens is 240 g/mol. The van der Waals surface area contributed by atoms with E-state index in [4.69, 9.17) is 4.74 Å². The zero-order valence-corrected chi connectivity index (χ0v) is 10.5. The van der Waals surface area contributed by atoms with Gasteiger partial charge < -0.3 is 9.84 Å².